The highest BCUT2D eigenvalue weighted by Crippen LogP contribution is 2.20. The van der Waals surface area contributed by atoms with Gasteiger partial charge in [0.25, 0.3) is 0 Å². The van der Waals surface area contributed by atoms with Gasteiger partial charge in [0.2, 0.25) is 11.8 Å². The third kappa shape index (κ3) is 6.48. The fourth-order valence-corrected chi connectivity index (χ4v) is 1.55. The molecular weight excluding hydrogens is 290 g/mol. The summed E-state index contributed by atoms with van der Waals surface area (Å²) in [5.74, 6) is -0.478. The van der Waals surface area contributed by atoms with E-state index in [1.165, 1.54) is 6.92 Å². The van der Waals surface area contributed by atoms with E-state index in [1.54, 1.807) is 31.2 Å². The lowest BCUT2D eigenvalue weighted by molar-refractivity contribution is -0.115. The number of nitrogens with two attached hydrogens (primary N) is 1. The maximum absolute atomic E-state index is 11.9. The number of hydrogen-bond acceptors (Lipinski definition) is 4. The van der Waals surface area contributed by atoms with E-state index in [9.17, 15) is 9.59 Å². The highest BCUT2D eigenvalue weighted by atomic mass is 32.1. The smallest absolute Gasteiger partial charge is 0.230 e. The van der Waals surface area contributed by atoms with Crippen molar-refractivity contribution < 1.29 is 9.59 Å². The second kappa shape index (κ2) is 7.95. The van der Waals surface area contributed by atoms with Gasteiger partial charge in [-0.1, -0.05) is 12.1 Å². The van der Waals surface area contributed by atoms with Crippen LogP contribution in [0.4, 0.5) is 11.4 Å². The Morgan fingerprint density at radius 1 is 1.19 bits per heavy atom. The molecule has 0 aliphatic carbocycles. The van der Waals surface area contributed by atoms with E-state index in [0.29, 0.717) is 17.1 Å². The minimum Gasteiger partial charge on any atom is -0.375 e. The van der Waals surface area contributed by atoms with Gasteiger partial charge in [0.1, 0.15) is 0 Å². The number of carbonyl (C=O) groups excluding carboxylic acids is 2. The fourth-order valence-electron chi connectivity index (χ4n) is 1.51. The Kier molecular flexibility index (Phi) is 6.28. The number of nitrogens with zero attached hydrogens (tertiary/aromatic N) is 1. The highest BCUT2D eigenvalue weighted by Gasteiger charge is 2.08. The Balaban J connectivity index is 2.69. The lowest BCUT2D eigenvalue weighted by Crippen LogP contribution is -2.26. The number of thiocarbonyl (C=S) groups is 1. The van der Waals surface area contributed by atoms with Crippen molar-refractivity contribution in [2.24, 2.45) is 10.8 Å². The molecule has 7 nitrogen and oxygen atoms in total. The van der Waals surface area contributed by atoms with Crippen LogP contribution < -0.4 is 21.8 Å². The molecule has 112 valence electrons. The molecule has 0 aliphatic heterocycles. The van der Waals surface area contributed by atoms with E-state index >= 15 is 0 Å². The summed E-state index contributed by atoms with van der Waals surface area (Å²) in [4.78, 5) is 23.0. The molecule has 0 saturated carbocycles. The zero-order valence-electron chi connectivity index (χ0n) is 11.8. The van der Waals surface area contributed by atoms with E-state index in [2.05, 4.69) is 33.4 Å². The van der Waals surface area contributed by atoms with Crippen molar-refractivity contribution in [1.82, 2.24) is 5.43 Å². The minimum atomic E-state index is -0.265. The molecule has 0 aliphatic rings. The molecule has 0 radical (unpaired) electrons. The molecule has 5 N–H and O–H groups in total. The van der Waals surface area contributed by atoms with Crippen LogP contribution >= 0.6 is 12.2 Å². The van der Waals surface area contributed by atoms with Crippen LogP contribution in [-0.4, -0.2) is 22.6 Å². The molecule has 1 aromatic carbocycles. The summed E-state index contributed by atoms with van der Waals surface area (Å²) in [7, 11) is 0. The third-order valence-electron chi connectivity index (χ3n) is 2.29. The van der Waals surface area contributed by atoms with Gasteiger partial charge in [-0.15, -0.1) is 0 Å². The van der Waals surface area contributed by atoms with Gasteiger partial charge in [-0.25, -0.2) is 0 Å². The van der Waals surface area contributed by atoms with E-state index in [4.69, 9.17) is 5.73 Å². The summed E-state index contributed by atoms with van der Waals surface area (Å²) in [5, 5.41) is 9.23. The molecule has 0 aromatic heterocycles. The number of hydrogen-bond donors (Lipinski definition) is 4. The summed E-state index contributed by atoms with van der Waals surface area (Å²) in [5.41, 5.74) is 9.23. The number of hydrazone groups is 1. The number of amides is 2. The predicted octanol–water partition coefficient (Wildman–Crippen LogP) is 1.18. The first-order chi connectivity index (χ1) is 9.88. The minimum absolute atomic E-state index is 0.0331. The Morgan fingerprint density at radius 2 is 1.76 bits per heavy atom. The number of para-hydroxylation sites is 2. The van der Waals surface area contributed by atoms with E-state index in [1.807, 2.05) is 0 Å². The van der Waals surface area contributed by atoms with Crippen LogP contribution in [0, 0.1) is 0 Å². The Morgan fingerprint density at radius 3 is 2.29 bits per heavy atom. The normalized spacial score (nSPS) is 10.7. The van der Waals surface area contributed by atoms with Gasteiger partial charge in [0.05, 0.1) is 17.8 Å². The van der Waals surface area contributed by atoms with Crippen molar-refractivity contribution in [3.63, 3.8) is 0 Å². The number of benzene rings is 1. The second-order valence-corrected chi connectivity index (χ2v) is 4.71. The summed E-state index contributed by atoms with van der Waals surface area (Å²) in [6.07, 6.45) is 0.0734. The number of anilines is 2. The van der Waals surface area contributed by atoms with Gasteiger partial charge in [-0.3, -0.25) is 15.0 Å². The summed E-state index contributed by atoms with van der Waals surface area (Å²) in [6.45, 7) is 3.07. The molecule has 0 saturated heterocycles. The molecule has 0 spiro atoms. The second-order valence-electron chi connectivity index (χ2n) is 4.27. The molecule has 0 unspecified atom stereocenters. The van der Waals surface area contributed by atoms with E-state index < -0.39 is 0 Å². The maximum Gasteiger partial charge on any atom is 0.230 e. The Bertz CT molecular complexity index is 586. The first-order valence-corrected chi connectivity index (χ1v) is 6.54. The van der Waals surface area contributed by atoms with Crippen LogP contribution in [0.5, 0.6) is 0 Å². The van der Waals surface area contributed by atoms with Crippen LogP contribution in [0.3, 0.4) is 0 Å². The zero-order chi connectivity index (χ0) is 15.8. The summed E-state index contributed by atoms with van der Waals surface area (Å²) < 4.78 is 0. The van der Waals surface area contributed by atoms with Gasteiger partial charge < -0.3 is 16.4 Å². The topological polar surface area (TPSA) is 109 Å². The molecule has 2 amide bonds. The summed E-state index contributed by atoms with van der Waals surface area (Å²) in [6, 6.07) is 6.92. The van der Waals surface area contributed by atoms with Crippen LogP contribution in [0.25, 0.3) is 0 Å². The average Bonchev–Trinajstić information content (AvgIpc) is 2.38. The standard InChI is InChI=1S/C13H17N5O2S/c1-8(17-18-13(14)21)7-12(20)16-11-6-4-3-5-10(11)15-9(2)19/h3-6H,7H2,1-2H3,(H,15,19)(H,16,20)(H3,14,18,21)/b17-8+. The van der Waals surface area contributed by atoms with Crippen LogP contribution in [0.2, 0.25) is 0 Å². The van der Waals surface area contributed by atoms with Crippen molar-refractivity contribution in [3.8, 4) is 0 Å². The molecule has 0 heterocycles. The van der Waals surface area contributed by atoms with Crippen molar-refractivity contribution in [2.75, 3.05) is 10.6 Å². The van der Waals surface area contributed by atoms with Crippen LogP contribution in [0.15, 0.2) is 29.4 Å². The van der Waals surface area contributed by atoms with Gasteiger partial charge in [-0.05, 0) is 31.3 Å². The molecule has 1 rings (SSSR count). The van der Waals surface area contributed by atoms with Crippen molar-refractivity contribution in [2.45, 2.75) is 20.3 Å². The lowest BCUT2D eigenvalue weighted by Gasteiger charge is -2.11. The molecule has 0 fully saturated rings. The zero-order valence-corrected chi connectivity index (χ0v) is 12.6. The maximum atomic E-state index is 11.9. The first-order valence-electron chi connectivity index (χ1n) is 6.13. The largest absolute Gasteiger partial charge is 0.375 e. The molecular formula is C13H17N5O2S. The molecule has 21 heavy (non-hydrogen) atoms. The molecule has 0 bridgehead atoms. The Labute approximate surface area is 128 Å². The number of nitrogens with one attached hydrogen (secondary N) is 3. The van der Waals surface area contributed by atoms with Gasteiger partial charge in [-0.2, -0.15) is 5.10 Å². The van der Waals surface area contributed by atoms with E-state index in [0.717, 1.165) is 0 Å². The van der Waals surface area contributed by atoms with Crippen molar-refractivity contribution >= 4 is 46.2 Å². The lowest BCUT2D eigenvalue weighted by atomic mass is 10.2. The van der Waals surface area contributed by atoms with Crippen molar-refractivity contribution in [3.05, 3.63) is 24.3 Å². The fraction of sp³-hybridized carbons (Fsp3) is 0.231. The average molecular weight is 307 g/mol. The monoisotopic (exact) mass is 307 g/mol. The predicted molar refractivity (Wildman–Crippen MR) is 87.0 cm³/mol. The molecule has 8 heteroatoms. The van der Waals surface area contributed by atoms with Gasteiger partial charge >= 0.3 is 0 Å². The number of rotatable bonds is 5. The van der Waals surface area contributed by atoms with Crippen molar-refractivity contribution in [1.29, 1.82) is 0 Å². The van der Waals surface area contributed by atoms with E-state index in [-0.39, 0.29) is 23.3 Å². The Hall–Kier alpha value is -2.48. The third-order valence-corrected chi connectivity index (χ3v) is 2.38. The van der Waals surface area contributed by atoms with Gasteiger partial charge in [0.15, 0.2) is 5.11 Å². The SMILES string of the molecule is CC(=O)Nc1ccccc1NC(=O)C/C(C)=N/NC(N)=S. The van der Waals surface area contributed by atoms with Gasteiger partial charge in [0, 0.05) is 12.6 Å². The summed E-state index contributed by atoms with van der Waals surface area (Å²) >= 11 is 4.61. The highest BCUT2D eigenvalue weighted by molar-refractivity contribution is 7.80. The quantitative estimate of drug-likeness (QED) is 0.371. The first kappa shape index (κ1) is 16.6. The van der Waals surface area contributed by atoms with Crippen LogP contribution in [-0.2, 0) is 9.59 Å². The van der Waals surface area contributed by atoms with Crippen LogP contribution in [0.1, 0.15) is 20.3 Å². The molecule has 0 atom stereocenters. The molecule has 1 aromatic rings. The number of carbonyl (C=O) groups is 2.